The molecule has 1 saturated heterocycles. The summed E-state index contributed by atoms with van der Waals surface area (Å²) in [7, 11) is 0. The second kappa shape index (κ2) is 6.50. The number of amides is 1. The molecule has 0 N–H and O–H groups in total. The molecule has 1 atom stereocenters. The monoisotopic (exact) mass is 343 g/mol. The number of aryl methyl sites for hydroxylation is 1. The molecule has 1 fully saturated rings. The van der Waals surface area contributed by atoms with E-state index in [0.717, 1.165) is 49.4 Å². The van der Waals surface area contributed by atoms with Crippen LogP contribution in [0.3, 0.4) is 0 Å². The van der Waals surface area contributed by atoms with Gasteiger partial charge in [0.2, 0.25) is 0 Å². The number of fused-ring (bicyclic) bond motifs is 1. The van der Waals surface area contributed by atoms with Gasteiger partial charge in [-0.15, -0.1) is 0 Å². The van der Waals surface area contributed by atoms with E-state index in [9.17, 15) is 9.18 Å². The number of hydrogen-bond acceptors (Lipinski definition) is 4. The van der Waals surface area contributed by atoms with Crippen LogP contribution in [-0.2, 0) is 12.8 Å². The minimum absolute atomic E-state index is 0.0298. The van der Waals surface area contributed by atoms with Crippen LogP contribution in [0, 0.1) is 11.7 Å². The first-order valence-electron chi connectivity index (χ1n) is 8.89. The van der Waals surface area contributed by atoms with Crippen LogP contribution in [0.2, 0.25) is 0 Å². The third kappa shape index (κ3) is 3.13. The normalized spacial score (nSPS) is 20.5. The second-order valence-corrected chi connectivity index (χ2v) is 7.04. The maximum atomic E-state index is 13.1. The lowest BCUT2D eigenvalue weighted by atomic mass is 9.88. The van der Waals surface area contributed by atoms with Crippen molar-refractivity contribution in [3.8, 4) is 0 Å². The van der Waals surface area contributed by atoms with E-state index in [4.69, 9.17) is 4.52 Å². The molecule has 5 nitrogen and oxygen atoms in total. The molecule has 6 heteroatoms. The molecule has 0 spiro atoms. The van der Waals surface area contributed by atoms with E-state index >= 15 is 0 Å². The Balaban J connectivity index is 1.43. The lowest BCUT2D eigenvalue weighted by Gasteiger charge is -2.36. The first kappa shape index (κ1) is 16.1. The molecule has 25 heavy (non-hydrogen) atoms. The van der Waals surface area contributed by atoms with Gasteiger partial charge in [-0.05, 0) is 43.0 Å². The number of benzene rings is 1. The van der Waals surface area contributed by atoms with Crippen LogP contribution < -0.4 is 4.90 Å². The van der Waals surface area contributed by atoms with Gasteiger partial charge in [-0.25, -0.2) is 4.39 Å². The van der Waals surface area contributed by atoms with Gasteiger partial charge in [0.1, 0.15) is 11.6 Å². The van der Waals surface area contributed by atoms with E-state index in [2.05, 4.69) is 17.0 Å². The number of anilines is 1. The van der Waals surface area contributed by atoms with E-state index in [1.54, 1.807) is 12.1 Å². The third-order valence-electron chi connectivity index (χ3n) is 5.25. The SMILES string of the molecule is CC1CCc2onc(C(=O)N3CCN(c4ccc(F)cc4)CC3)c2C1. The summed E-state index contributed by atoms with van der Waals surface area (Å²) in [6.45, 7) is 4.92. The molecule has 2 aliphatic rings. The lowest BCUT2D eigenvalue weighted by molar-refractivity contribution is 0.0735. The number of nitrogens with zero attached hydrogens (tertiary/aromatic N) is 3. The average molecular weight is 343 g/mol. The van der Waals surface area contributed by atoms with Crippen LogP contribution in [0.15, 0.2) is 28.8 Å². The molecule has 1 aromatic carbocycles. The molecule has 1 unspecified atom stereocenters. The summed E-state index contributed by atoms with van der Waals surface area (Å²) in [6, 6.07) is 6.50. The van der Waals surface area contributed by atoms with Crippen molar-refractivity contribution in [3.05, 3.63) is 47.1 Å². The summed E-state index contributed by atoms with van der Waals surface area (Å²) in [6.07, 6.45) is 2.83. The van der Waals surface area contributed by atoms with Crippen molar-refractivity contribution in [1.29, 1.82) is 0 Å². The fraction of sp³-hybridized carbons (Fsp3) is 0.474. The first-order chi connectivity index (χ1) is 12.1. The average Bonchev–Trinajstić information content (AvgIpc) is 3.05. The van der Waals surface area contributed by atoms with E-state index in [-0.39, 0.29) is 11.7 Å². The van der Waals surface area contributed by atoms with Crippen LogP contribution in [0.1, 0.15) is 35.2 Å². The van der Waals surface area contributed by atoms with Gasteiger partial charge in [-0.2, -0.15) is 0 Å². The van der Waals surface area contributed by atoms with Gasteiger partial charge in [-0.3, -0.25) is 4.79 Å². The van der Waals surface area contributed by atoms with Crippen molar-refractivity contribution >= 4 is 11.6 Å². The Morgan fingerprint density at radius 1 is 1.20 bits per heavy atom. The van der Waals surface area contributed by atoms with Gasteiger partial charge >= 0.3 is 0 Å². The first-order valence-corrected chi connectivity index (χ1v) is 8.89. The minimum atomic E-state index is -0.234. The zero-order valence-corrected chi connectivity index (χ0v) is 14.4. The molecule has 1 aromatic heterocycles. The van der Waals surface area contributed by atoms with Crippen molar-refractivity contribution in [1.82, 2.24) is 10.1 Å². The number of halogens is 1. The van der Waals surface area contributed by atoms with Crippen molar-refractivity contribution in [2.75, 3.05) is 31.1 Å². The number of hydrogen-bond donors (Lipinski definition) is 0. The Hall–Kier alpha value is -2.37. The second-order valence-electron chi connectivity index (χ2n) is 7.04. The molecular weight excluding hydrogens is 321 g/mol. The van der Waals surface area contributed by atoms with E-state index in [0.29, 0.717) is 24.7 Å². The molecule has 0 saturated carbocycles. The maximum Gasteiger partial charge on any atom is 0.276 e. The van der Waals surface area contributed by atoms with Crippen LogP contribution >= 0.6 is 0 Å². The third-order valence-corrected chi connectivity index (χ3v) is 5.25. The fourth-order valence-electron chi connectivity index (χ4n) is 3.72. The van der Waals surface area contributed by atoms with E-state index in [1.165, 1.54) is 12.1 Å². The van der Waals surface area contributed by atoms with Crippen molar-refractivity contribution in [2.45, 2.75) is 26.2 Å². The molecule has 2 aromatic rings. The van der Waals surface area contributed by atoms with E-state index in [1.807, 2.05) is 4.90 Å². The smallest absolute Gasteiger partial charge is 0.276 e. The highest BCUT2D eigenvalue weighted by atomic mass is 19.1. The van der Waals surface area contributed by atoms with Crippen LogP contribution in [0.4, 0.5) is 10.1 Å². The van der Waals surface area contributed by atoms with E-state index < -0.39 is 0 Å². The molecule has 4 rings (SSSR count). The van der Waals surface area contributed by atoms with Crippen LogP contribution in [0.25, 0.3) is 0 Å². The lowest BCUT2D eigenvalue weighted by Crippen LogP contribution is -2.49. The predicted octanol–water partition coefficient (Wildman–Crippen LogP) is 2.90. The number of aromatic nitrogens is 1. The summed E-state index contributed by atoms with van der Waals surface area (Å²) >= 11 is 0. The highest BCUT2D eigenvalue weighted by molar-refractivity contribution is 5.94. The van der Waals surface area contributed by atoms with Gasteiger partial charge in [0, 0.05) is 43.9 Å². The number of rotatable bonds is 2. The van der Waals surface area contributed by atoms with Crippen molar-refractivity contribution in [2.24, 2.45) is 5.92 Å². The van der Waals surface area contributed by atoms with Crippen LogP contribution in [-0.4, -0.2) is 42.1 Å². The summed E-state index contributed by atoms with van der Waals surface area (Å²) in [5.41, 5.74) is 2.49. The zero-order valence-electron chi connectivity index (χ0n) is 14.4. The molecule has 132 valence electrons. The summed E-state index contributed by atoms with van der Waals surface area (Å²) < 4.78 is 18.5. The highest BCUT2D eigenvalue weighted by Crippen LogP contribution is 2.29. The minimum Gasteiger partial charge on any atom is -0.368 e. The Bertz CT molecular complexity index is 763. The van der Waals surface area contributed by atoms with Gasteiger partial charge < -0.3 is 14.3 Å². The quantitative estimate of drug-likeness (QED) is 0.841. The van der Waals surface area contributed by atoms with Gasteiger partial charge in [0.25, 0.3) is 5.91 Å². The Kier molecular flexibility index (Phi) is 4.19. The van der Waals surface area contributed by atoms with Gasteiger partial charge in [0.15, 0.2) is 5.69 Å². The molecule has 0 radical (unpaired) electrons. The fourth-order valence-corrected chi connectivity index (χ4v) is 3.72. The predicted molar refractivity (Wildman–Crippen MR) is 92.2 cm³/mol. The summed E-state index contributed by atoms with van der Waals surface area (Å²) in [5.74, 6) is 1.18. The standard InChI is InChI=1S/C19H22FN3O2/c1-13-2-7-17-16(12-13)18(21-25-17)19(24)23-10-8-22(9-11-23)15-5-3-14(20)4-6-15/h3-6,13H,2,7-12H2,1H3. The van der Waals surface area contributed by atoms with Crippen molar-refractivity contribution < 1.29 is 13.7 Å². The highest BCUT2D eigenvalue weighted by Gasteiger charge is 2.31. The van der Waals surface area contributed by atoms with Crippen molar-refractivity contribution in [3.63, 3.8) is 0 Å². The summed E-state index contributed by atoms with van der Waals surface area (Å²) in [4.78, 5) is 16.9. The Morgan fingerprint density at radius 2 is 1.92 bits per heavy atom. The van der Waals surface area contributed by atoms with Gasteiger partial charge in [-0.1, -0.05) is 12.1 Å². The molecule has 1 amide bonds. The number of carbonyl (C=O) groups excluding carboxylic acids is 1. The molecular formula is C19H22FN3O2. The molecule has 1 aliphatic heterocycles. The largest absolute Gasteiger partial charge is 0.368 e. The maximum absolute atomic E-state index is 13.1. The molecule has 1 aliphatic carbocycles. The Morgan fingerprint density at radius 3 is 2.64 bits per heavy atom. The molecule has 2 heterocycles. The Labute approximate surface area is 146 Å². The molecule has 0 bridgehead atoms. The zero-order chi connectivity index (χ0) is 17.4. The topological polar surface area (TPSA) is 49.6 Å². The summed E-state index contributed by atoms with van der Waals surface area (Å²) in [5, 5.41) is 4.07. The number of piperazine rings is 1. The van der Waals surface area contributed by atoms with Crippen LogP contribution in [0.5, 0.6) is 0 Å². The number of carbonyl (C=O) groups is 1. The van der Waals surface area contributed by atoms with Gasteiger partial charge in [0.05, 0.1) is 0 Å².